The smallest absolute Gasteiger partial charge is 0.372 e. The molecule has 0 aliphatic carbocycles. The molecule has 11 aromatic rings. The number of pyridine rings is 3. The highest BCUT2D eigenvalue weighted by molar-refractivity contribution is 6.33. The summed E-state index contributed by atoms with van der Waals surface area (Å²) in [5.74, 6) is 1.86. The van der Waals surface area contributed by atoms with Crippen molar-refractivity contribution in [2.24, 2.45) is 0 Å². The second-order valence-electron chi connectivity index (χ2n) is 13.7. The summed E-state index contributed by atoms with van der Waals surface area (Å²) in [6.07, 6.45) is 4.50. The third kappa shape index (κ3) is 2.07. The molecule has 1 unspecified atom stereocenters. The molecule has 14 rings (SSSR count). The zero-order valence-corrected chi connectivity index (χ0v) is 25.4. The molecule has 5 heteroatoms. The summed E-state index contributed by atoms with van der Waals surface area (Å²) in [5, 5.41) is 11.5. The van der Waals surface area contributed by atoms with Gasteiger partial charge in [-0.3, -0.25) is 0 Å². The van der Waals surface area contributed by atoms with E-state index in [-0.39, 0.29) is 0 Å². The van der Waals surface area contributed by atoms with Crippen molar-refractivity contribution in [2.45, 2.75) is 5.66 Å². The van der Waals surface area contributed by atoms with Crippen LogP contribution in [0.4, 0.5) is 0 Å². The topological polar surface area (TPSA) is 25.8 Å². The van der Waals surface area contributed by atoms with Crippen molar-refractivity contribution >= 4 is 87.2 Å². The molecule has 8 heterocycles. The lowest BCUT2D eigenvalue weighted by atomic mass is 9.84. The number of hydrogen-bond acceptors (Lipinski definition) is 1. The van der Waals surface area contributed by atoms with Gasteiger partial charge >= 0.3 is 11.3 Å². The monoisotopic (exact) mass is 610 g/mol. The summed E-state index contributed by atoms with van der Waals surface area (Å²) in [6.45, 7) is 0. The van der Waals surface area contributed by atoms with Gasteiger partial charge in [-0.1, -0.05) is 60.7 Å². The van der Waals surface area contributed by atoms with Gasteiger partial charge in [-0.25, -0.2) is 0 Å². The van der Waals surface area contributed by atoms with Crippen LogP contribution in [0.5, 0.6) is 11.5 Å². The predicted octanol–water partition coefficient (Wildman–Crippen LogP) is 8.87. The summed E-state index contributed by atoms with van der Waals surface area (Å²) >= 11 is 0. The number of imidazole rings is 1. The van der Waals surface area contributed by atoms with E-state index in [1.54, 1.807) is 0 Å². The minimum atomic E-state index is -0.664. The van der Waals surface area contributed by atoms with E-state index in [0.29, 0.717) is 0 Å². The molecule has 0 N–H and O–H groups in total. The normalized spacial score (nSPS) is 17.0. The van der Waals surface area contributed by atoms with Gasteiger partial charge in [0.15, 0.2) is 17.2 Å². The first kappa shape index (κ1) is 23.0. The van der Waals surface area contributed by atoms with Gasteiger partial charge in [0.1, 0.15) is 33.7 Å². The molecule has 3 aliphatic heterocycles. The number of para-hydroxylation sites is 2. The molecule has 0 radical (unpaired) electrons. The number of benzene rings is 6. The quantitative estimate of drug-likeness (QED) is 0.124. The van der Waals surface area contributed by atoms with E-state index in [9.17, 15) is 0 Å². The summed E-state index contributed by atoms with van der Waals surface area (Å²) in [7, 11) is 0. The van der Waals surface area contributed by atoms with Crippen LogP contribution in [0.1, 0.15) is 11.1 Å². The first-order valence-electron chi connectivity index (χ1n) is 16.6. The number of nitrogens with zero attached hydrogens (tertiary/aromatic N) is 4. The molecule has 0 bridgehead atoms. The standard InChI is InChI=1S/C43H22N4O/c1-3-11-25-23(9-1)24-10-2-4-12-26(24)40-35(25)28-18-20-34-39-37(28)42-46(40)30-13-5-6-14-31(30)47(42)43(39)38-33(48-34)19-17-27-29-15-7-21-44(29)32-16-8-22-45(43)41(32)36(27)38/h1-22H/q+2. The van der Waals surface area contributed by atoms with Crippen molar-refractivity contribution in [3.05, 3.63) is 145 Å². The van der Waals surface area contributed by atoms with Crippen LogP contribution < -0.4 is 13.9 Å². The number of fused-ring (bicyclic) bond motifs is 14. The van der Waals surface area contributed by atoms with Crippen LogP contribution in [0.3, 0.4) is 0 Å². The van der Waals surface area contributed by atoms with Crippen LogP contribution in [0.2, 0.25) is 0 Å². The lowest BCUT2D eigenvalue weighted by Gasteiger charge is -2.28. The van der Waals surface area contributed by atoms with E-state index in [1.807, 2.05) is 0 Å². The molecule has 1 spiro atoms. The third-order valence-corrected chi connectivity index (χ3v) is 11.8. The molecule has 0 saturated heterocycles. The van der Waals surface area contributed by atoms with Gasteiger partial charge < -0.3 is 9.14 Å². The Morgan fingerprint density at radius 2 is 1.21 bits per heavy atom. The van der Waals surface area contributed by atoms with Crippen LogP contribution in [-0.4, -0.2) is 8.80 Å². The highest BCUT2D eigenvalue weighted by Gasteiger charge is 2.68. The van der Waals surface area contributed by atoms with E-state index < -0.39 is 5.66 Å². The molecule has 1 atom stereocenters. The Kier molecular flexibility index (Phi) is 3.39. The molecule has 0 amide bonds. The minimum Gasteiger partial charge on any atom is -0.456 e. The van der Waals surface area contributed by atoms with Crippen molar-refractivity contribution in [3.8, 4) is 11.5 Å². The van der Waals surface area contributed by atoms with E-state index in [1.165, 1.54) is 98.4 Å². The van der Waals surface area contributed by atoms with Gasteiger partial charge in [-0.05, 0) is 70.8 Å². The summed E-state index contributed by atoms with van der Waals surface area (Å²) in [5.41, 5.74) is 10.4. The maximum absolute atomic E-state index is 7.01. The highest BCUT2D eigenvalue weighted by atomic mass is 16.5. The van der Waals surface area contributed by atoms with Crippen LogP contribution in [0, 0.1) is 0 Å². The molecule has 6 aromatic carbocycles. The highest BCUT2D eigenvalue weighted by Crippen LogP contribution is 2.59. The van der Waals surface area contributed by atoms with Gasteiger partial charge in [0.25, 0.3) is 0 Å². The Morgan fingerprint density at radius 1 is 0.521 bits per heavy atom. The largest absolute Gasteiger partial charge is 0.456 e. The molecule has 0 fully saturated rings. The summed E-state index contributed by atoms with van der Waals surface area (Å²) in [6, 6.07) is 44.8. The Bertz CT molecular complexity index is 3440. The number of rotatable bonds is 0. The van der Waals surface area contributed by atoms with Crippen LogP contribution in [-0.2, 0) is 5.66 Å². The molecule has 3 aliphatic rings. The van der Waals surface area contributed by atoms with Crippen molar-refractivity contribution < 1.29 is 13.9 Å². The predicted molar refractivity (Wildman–Crippen MR) is 189 cm³/mol. The van der Waals surface area contributed by atoms with Crippen LogP contribution in [0.15, 0.2) is 134 Å². The van der Waals surface area contributed by atoms with Crippen molar-refractivity contribution in [1.82, 2.24) is 8.80 Å². The van der Waals surface area contributed by atoms with Gasteiger partial charge in [0.05, 0.1) is 16.3 Å². The molecule has 0 saturated carbocycles. The van der Waals surface area contributed by atoms with Crippen molar-refractivity contribution in [3.63, 3.8) is 0 Å². The Balaban J connectivity index is 1.37. The second-order valence-corrected chi connectivity index (χ2v) is 13.7. The van der Waals surface area contributed by atoms with Crippen LogP contribution >= 0.6 is 0 Å². The van der Waals surface area contributed by atoms with Crippen molar-refractivity contribution in [2.75, 3.05) is 0 Å². The van der Waals surface area contributed by atoms with E-state index in [0.717, 1.165) is 11.5 Å². The summed E-state index contributed by atoms with van der Waals surface area (Å²) in [4.78, 5) is 0. The number of ether oxygens (including phenoxy) is 1. The van der Waals surface area contributed by atoms with Gasteiger partial charge in [-0.2, -0.15) is 4.40 Å². The molecule has 5 nitrogen and oxygen atoms in total. The zero-order valence-electron chi connectivity index (χ0n) is 25.4. The lowest BCUT2D eigenvalue weighted by molar-refractivity contribution is -0.934. The average molecular weight is 611 g/mol. The molecule has 48 heavy (non-hydrogen) atoms. The van der Waals surface area contributed by atoms with E-state index >= 15 is 0 Å². The maximum atomic E-state index is 7.01. The van der Waals surface area contributed by atoms with E-state index in [2.05, 4.69) is 152 Å². The number of hydrogen-bond donors (Lipinski definition) is 0. The maximum Gasteiger partial charge on any atom is 0.372 e. The fourth-order valence-electron chi connectivity index (χ4n) is 10.3. The summed E-state index contributed by atoms with van der Waals surface area (Å²) < 4.78 is 17.2. The Labute approximate surface area is 271 Å². The Morgan fingerprint density at radius 3 is 2.08 bits per heavy atom. The van der Waals surface area contributed by atoms with Gasteiger partial charge in [-0.15, -0.1) is 9.13 Å². The number of aromatic nitrogens is 4. The molecular formula is C43H22N4O+2. The van der Waals surface area contributed by atoms with Crippen molar-refractivity contribution in [1.29, 1.82) is 0 Å². The van der Waals surface area contributed by atoms with Gasteiger partial charge in [0, 0.05) is 33.8 Å². The molecule has 218 valence electrons. The second kappa shape index (κ2) is 7.09. The first-order valence-corrected chi connectivity index (χ1v) is 16.6. The molecular weight excluding hydrogens is 589 g/mol. The SMILES string of the molecule is c1ccc2c(c1)c1ccccc1c1c2c2ccc3c4c2c2n1c1ccccc1[n+]2C41c2c(ccc4c2c2c(ccc[n+]21)n1cccc41)O3. The third-order valence-electron chi connectivity index (χ3n) is 11.8. The molecule has 5 aromatic heterocycles. The van der Waals surface area contributed by atoms with Gasteiger partial charge in [0.2, 0.25) is 5.52 Å². The zero-order chi connectivity index (χ0) is 30.6. The van der Waals surface area contributed by atoms with E-state index in [4.69, 9.17) is 4.74 Å². The lowest BCUT2D eigenvalue weighted by Crippen LogP contribution is -2.72. The Hall–Kier alpha value is -6.46. The van der Waals surface area contributed by atoms with Crippen LogP contribution in [0.25, 0.3) is 87.2 Å². The fourth-order valence-corrected chi connectivity index (χ4v) is 10.3. The first-order chi connectivity index (χ1) is 23.9. The fraction of sp³-hybridized carbons (Fsp3) is 0.0233. The minimum absolute atomic E-state index is 0.664. The average Bonchev–Trinajstić information content (AvgIpc) is 3.91.